The van der Waals surface area contributed by atoms with Crippen LogP contribution in [0.25, 0.3) is 10.9 Å². The third-order valence-corrected chi connectivity index (χ3v) is 6.33. The smallest absolute Gasteiger partial charge is 0.338 e. The van der Waals surface area contributed by atoms with Crippen LogP contribution in [0.4, 0.5) is 5.69 Å². The monoisotopic (exact) mass is 463 g/mol. The summed E-state index contributed by atoms with van der Waals surface area (Å²) >= 11 is 0. The van der Waals surface area contributed by atoms with Crippen molar-refractivity contribution in [2.75, 3.05) is 4.72 Å². The molecule has 0 aliphatic carbocycles. The molecule has 1 aromatic heterocycles. The number of benzene rings is 3. The Bertz CT molecular complexity index is 1510. The summed E-state index contributed by atoms with van der Waals surface area (Å²) in [6.07, 6.45) is -0.861. The van der Waals surface area contributed by atoms with E-state index in [0.29, 0.717) is 16.6 Å². The van der Waals surface area contributed by atoms with E-state index in [4.69, 9.17) is 4.74 Å². The minimum Gasteiger partial charge on any atom is -0.451 e. The van der Waals surface area contributed by atoms with E-state index in [2.05, 4.69) is 14.7 Å². The van der Waals surface area contributed by atoms with E-state index in [1.807, 2.05) is 13.0 Å². The molecular weight excluding hydrogens is 442 g/mol. The number of fused-ring (bicyclic) bond motifs is 1. The maximum atomic E-state index is 12.8. The summed E-state index contributed by atoms with van der Waals surface area (Å²) in [4.78, 5) is 31.9. The van der Waals surface area contributed by atoms with E-state index in [1.54, 1.807) is 49.4 Å². The van der Waals surface area contributed by atoms with Gasteiger partial charge in [-0.15, -0.1) is 0 Å². The highest BCUT2D eigenvalue weighted by molar-refractivity contribution is 7.92. The number of ether oxygens (including phenoxy) is 1. The first-order valence-corrected chi connectivity index (χ1v) is 11.6. The minimum absolute atomic E-state index is 0.0529. The lowest BCUT2D eigenvalue weighted by atomic mass is 10.2. The molecule has 2 N–H and O–H groups in total. The molecule has 0 radical (unpaired) electrons. The largest absolute Gasteiger partial charge is 0.451 e. The van der Waals surface area contributed by atoms with Crippen molar-refractivity contribution >= 4 is 32.6 Å². The van der Waals surface area contributed by atoms with Gasteiger partial charge in [0.15, 0.2) is 11.9 Å². The van der Waals surface area contributed by atoms with Gasteiger partial charge in [0.25, 0.3) is 15.6 Å². The topological polar surface area (TPSA) is 118 Å². The van der Waals surface area contributed by atoms with Gasteiger partial charge in [0.2, 0.25) is 0 Å². The van der Waals surface area contributed by atoms with Gasteiger partial charge in [-0.2, -0.15) is 0 Å². The molecule has 1 atom stereocenters. The molecule has 0 saturated carbocycles. The molecule has 0 aliphatic heterocycles. The van der Waals surface area contributed by atoms with E-state index < -0.39 is 22.1 Å². The normalized spacial score (nSPS) is 12.3. The van der Waals surface area contributed by atoms with Crippen molar-refractivity contribution in [1.29, 1.82) is 0 Å². The summed E-state index contributed by atoms with van der Waals surface area (Å²) in [5.74, 6) is -0.553. The van der Waals surface area contributed by atoms with E-state index >= 15 is 0 Å². The van der Waals surface area contributed by atoms with Crippen molar-refractivity contribution in [2.24, 2.45) is 0 Å². The van der Waals surface area contributed by atoms with Crippen molar-refractivity contribution in [3.05, 3.63) is 100 Å². The molecular formula is C24H21N3O5S. The number of sulfonamides is 1. The zero-order valence-electron chi connectivity index (χ0n) is 17.9. The summed E-state index contributed by atoms with van der Waals surface area (Å²) in [5, 5.41) is 0.429. The number of para-hydroxylation sites is 1. The summed E-state index contributed by atoms with van der Waals surface area (Å²) in [7, 11) is -3.91. The second-order valence-corrected chi connectivity index (χ2v) is 9.20. The molecule has 4 aromatic rings. The molecule has 168 valence electrons. The van der Waals surface area contributed by atoms with Gasteiger partial charge < -0.3 is 9.72 Å². The quantitative estimate of drug-likeness (QED) is 0.418. The van der Waals surface area contributed by atoms with E-state index in [9.17, 15) is 18.0 Å². The van der Waals surface area contributed by atoms with Gasteiger partial charge in [0, 0.05) is 5.69 Å². The summed E-state index contributed by atoms with van der Waals surface area (Å²) in [5.41, 5.74) is 1.52. The van der Waals surface area contributed by atoms with Crippen LogP contribution in [0.5, 0.6) is 0 Å². The van der Waals surface area contributed by atoms with Crippen LogP contribution in [-0.2, 0) is 14.8 Å². The Labute approximate surface area is 190 Å². The fourth-order valence-electron chi connectivity index (χ4n) is 3.29. The van der Waals surface area contributed by atoms with Crippen molar-refractivity contribution in [1.82, 2.24) is 9.97 Å². The third kappa shape index (κ3) is 4.93. The van der Waals surface area contributed by atoms with Gasteiger partial charge in [-0.1, -0.05) is 30.3 Å². The number of H-pyrrole nitrogens is 1. The van der Waals surface area contributed by atoms with Gasteiger partial charge in [0.05, 0.1) is 21.4 Å². The van der Waals surface area contributed by atoms with Gasteiger partial charge in [0.1, 0.15) is 0 Å². The van der Waals surface area contributed by atoms with Crippen molar-refractivity contribution in [3.63, 3.8) is 0 Å². The SMILES string of the molecule is Cc1cccc(NS(=O)(=O)c2cccc(C(=O)OC(C)c3nc4ccccc4c(=O)[nH]3)c2)c1. The Balaban J connectivity index is 1.55. The lowest BCUT2D eigenvalue weighted by molar-refractivity contribution is 0.0319. The number of carbonyl (C=O) groups is 1. The Kier molecular flexibility index (Phi) is 5.97. The highest BCUT2D eigenvalue weighted by Crippen LogP contribution is 2.21. The fourth-order valence-corrected chi connectivity index (χ4v) is 4.39. The number of hydrogen-bond donors (Lipinski definition) is 2. The molecule has 0 saturated heterocycles. The number of hydrogen-bond acceptors (Lipinski definition) is 6. The van der Waals surface area contributed by atoms with Crippen LogP contribution in [0.3, 0.4) is 0 Å². The number of esters is 1. The number of nitrogens with one attached hydrogen (secondary N) is 2. The number of anilines is 1. The molecule has 4 rings (SSSR count). The number of rotatable bonds is 6. The summed E-state index contributed by atoms with van der Waals surface area (Å²) in [6.45, 7) is 3.43. The van der Waals surface area contributed by atoms with Crippen LogP contribution >= 0.6 is 0 Å². The maximum absolute atomic E-state index is 12.8. The molecule has 0 fully saturated rings. The van der Waals surface area contributed by atoms with Crippen LogP contribution in [0, 0.1) is 6.92 Å². The lowest BCUT2D eigenvalue weighted by Crippen LogP contribution is -2.18. The Morgan fingerprint density at radius 3 is 2.58 bits per heavy atom. The molecule has 33 heavy (non-hydrogen) atoms. The maximum Gasteiger partial charge on any atom is 0.338 e. The number of nitrogens with zero attached hydrogens (tertiary/aromatic N) is 1. The van der Waals surface area contributed by atoms with Crippen LogP contribution in [-0.4, -0.2) is 24.4 Å². The zero-order valence-corrected chi connectivity index (χ0v) is 18.7. The summed E-state index contributed by atoms with van der Waals surface area (Å²) < 4.78 is 33.5. The zero-order chi connectivity index (χ0) is 23.6. The number of aryl methyl sites for hydroxylation is 1. The Morgan fingerprint density at radius 1 is 1.03 bits per heavy atom. The summed E-state index contributed by atoms with van der Waals surface area (Å²) in [6, 6.07) is 19.3. The van der Waals surface area contributed by atoms with Crippen molar-refractivity contribution in [2.45, 2.75) is 24.8 Å². The average Bonchev–Trinajstić information content (AvgIpc) is 2.79. The van der Waals surface area contributed by atoms with Crippen LogP contribution < -0.4 is 10.3 Å². The molecule has 1 unspecified atom stereocenters. The van der Waals surface area contributed by atoms with Gasteiger partial charge >= 0.3 is 5.97 Å². The Morgan fingerprint density at radius 2 is 1.79 bits per heavy atom. The lowest BCUT2D eigenvalue weighted by Gasteiger charge is -2.14. The number of aromatic nitrogens is 2. The highest BCUT2D eigenvalue weighted by atomic mass is 32.2. The molecule has 0 aliphatic rings. The van der Waals surface area contributed by atoms with Crippen molar-refractivity contribution < 1.29 is 17.9 Å². The molecule has 8 nitrogen and oxygen atoms in total. The number of aromatic amines is 1. The second kappa shape index (κ2) is 8.87. The standard InChI is InChI=1S/C24H21N3O5S/c1-15-7-5-9-18(13-15)27-33(30,31)19-10-6-8-17(14-19)24(29)32-16(2)22-25-21-12-4-3-11-20(21)23(28)26-22/h3-14,16,27H,1-2H3,(H,25,26,28). The molecule has 0 bridgehead atoms. The van der Waals surface area contributed by atoms with Gasteiger partial charge in [-0.3, -0.25) is 9.52 Å². The molecule has 9 heteroatoms. The average molecular weight is 464 g/mol. The van der Waals surface area contributed by atoms with Gasteiger partial charge in [-0.25, -0.2) is 18.2 Å². The highest BCUT2D eigenvalue weighted by Gasteiger charge is 2.20. The minimum atomic E-state index is -3.91. The first-order chi connectivity index (χ1) is 15.7. The van der Waals surface area contributed by atoms with E-state index in [1.165, 1.54) is 24.3 Å². The van der Waals surface area contributed by atoms with Gasteiger partial charge in [-0.05, 0) is 61.9 Å². The first-order valence-electron chi connectivity index (χ1n) is 10.1. The predicted molar refractivity (Wildman–Crippen MR) is 125 cm³/mol. The first kappa shape index (κ1) is 22.2. The molecule has 1 heterocycles. The number of carbonyl (C=O) groups excluding carboxylic acids is 1. The van der Waals surface area contributed by atoms with Crippen LogP contribution in [0.1, 0.15) is 34.8 Å². The van der Waals surface area contributed by atoms with E-state index in [-0.39, 0.29) is 21.8 Å². The molecule has 0 spiro atoms. The molecule has 0 amide bonds. The molecule has 3 aromatic carbocycles. The third-order valence-electron chi connectivity index (χ3n) is 4.95. The van der Waals surface area contributed by atoms with Crippen LogP contribution in [0.15, 0.2) is 82.5 Å². The van der Waals surface area contributed by atoms with Crippen LogP contribution in [0.2, 0.25) is 0 Å². The fraction of sp³-hybridized carbons (Fsp3) is 0.125. The predicted octanol–water partition coefficient (Wildman–Crippen LogP) is 3.95. The van der Waals surface area contributed by atoms with Crippen molar-refractivity contribution in [3.8, 4) is 0 Å². The Hall–Kier alpha value is -3.98. The second-order valence-electron chi connectivity index (χ2n) is 7.52. The van der Waals surface area contributed by atoms with E-state index in [0.717, 1.165) is 5.56 Å².